The SMILES string of the molecule is CCC1(C(=O)O)CCCN(CC(=O)NC(C)C)C1. The van der Waals surface area contributed by atoms with Gasteiger partial charge in [-0.25, -0.2) is 0 Å². The van der Waals surface area contributed by atoms with Gasteiger partial charge in [0.25, 0.3) is 0 Å². The molecule has 0 bridgehead atoms. The van der Waals surface area contributed by atoms with Crippen molar-refractivity contribution in [1.82, 2.24) is 10.2 Å². The number of piperidine rings is 1. The highest BCUT2D eigenvalue weighted by Gasteiger charge is 2.40. The zero-order valence-electron chi connectivity index (χ0n) is 11.5. The molecular formula is C13H24N2O3. The summed E-state index contributed by atoms with van der Waals surface area (Å²) in [5, 5.41) is 12.2. The van der Waals surface area contributed by atoms with Crippen molar-refractivity contribution in [1.29, 1.82) is 0 Å². The number of amides is 1. The third-order valence-electron chi connectivity index (χ3n) is 3.60. The van der Waals surface area contributed by atoms with Crippen molar-refractivity contribution >= 4 is 11.9 Å². The van der Waals surface area contributed by atoms with Gasteiger partial charge in [-0.1, -0.05) is 6.92 Å². The highest BCUT2D eigenvalue weighted by molar-refractivity contribution is 5.79. The number of carbonyl (C=O) groups is 2. The summed E-state index contributed by atoms with van der Waals surface area (Å²) in [4.78, 5) is 25.0. The topological polar surface area (TPSA) is 69.6 Å². The second-order valence-corrected chi connectivity index (χ2v) is 5.48. The van der Waals surface area contributed by atoms with E-state index in [4.69, 9.17) is 0 Å². The Morgan fingerprint density at radius 2 is 2.11 bits per heavy atom. The van der Waals surface area contributed by atoms with E-state index in [0.717, 1.165) is 13.0 Å². The molecule has 1 unspecified atom stereocenters. The molecule has 0 aromatic heterocycles. The molecular weight excluding hydrogens is 232 g/mol. The van der Waals surface area contributed by atoms with Crippen LogP contribution >= 0.6 is 0 Å². The number of hydrogen-bond donors (Lipinski definition) is 2. The normalized spacial score (nSPS) is 25.1. The molecule has 0 spiro atoms. The summed E-state index contributed by atoms with van der Waals surface area (Å²) in [6, 6.07) is 0.123. The summed E-state index contributed by atoms with van der Waals surface area (Å²) in [6.07, 6.45) is 2.17. The molecule has 18 heavy (non-hydrogen) atoms. The summed E-state index contributed by atoms with van der Waals surface area (Å²) in [5.41, 5.74) is -0.670. The first-order valence-corrected chi connectivity index (χ1v) is 6.65. The van der Waals surface area contributed by atoms with Gasteiger partial charge in [-0.3, -0.25) is 14.5 Å². The van der Waals surface area contributed by atoms with E-state index in [-0.39, 0.29) is 11.9 Å². The number of nitrogens with one attached hydrogen (secondary N) is 1. The predicted molar refractivity (Wildman–Crippen MR) is 69.3 cm³/mol. The maximum atomic E-state index is 11.7. The number of likely N-dealkylation sites (tertiary alicyclic amines) is 1. The molecule has 5 heteroatoms. The van der Waals surface area contributed by atoms with Gasteiger partial charge in [-0.2, -0.15) is 0 Å². The van der Waals surface area contributed by atoms with E-state index >= 15 is 0 Å². The molecule has 0 radical (unpaired) electrons. The van der Waals surface area contributed by atoms with Crippen LogP contribution in [-0.4, -0.2) is 47.6 Å². The van der Waals surface area contributed by atoms with Crippen LogP contribution in [0.2, 0.25) is 0 Å². The van der Waals surface area contributed by atoms with Gasteiger partial charge in [-0.05, 0) is 39.7 Å². The lowest BCUT2D eigenvalue weighted by Gasteiger charge is -2.39. The van der Waals surface area contributed by atoms with Gasteiger partial charge in [0.1, 0.15) is 0 Å². The largest absolute Gasteiger partial charge is 0.481 e. The minimum absolute atomic E-state index is 0.0257. The molecule has 104 valence electrons. The van der Waals surface area contributed by atoms with Crippen LogP contribution in [0.1, 0.15) is 40.0 Å². The molecule has 0 saturated carbocycles. The van der Waals surface area contributed by atoms with E-state index in [2.05, 4.69) is 5.32 Å². The van der Waals surface area contributed by atoms with Crippen molar-refractivity contribution in [2.75, 3.05) is 19.6 Å². The van der Waals surface area contributed by atoms with E-state index in [1.165, 1.54) is 0 Å². The lowest BCUT2D eigenvalue weighted by molar-refractivity contribution is -0.153. The van der Waals surface area contributed by atoms with Crippen LogP contribution in [-0.2, 0) is 9.59 Å². The van der Waals surface area contributed by atoms with Crippen LogP contribution in [0.3, 0.4) is 0 Å². The Morgan fingerprint density at radius 1 is 1.44 bits per heavy atom. The first-order chi connectivity index (χ1) is 8.39. The smallest absolute Gasteiger partial charge is 0.310 e. The Balaban J connectivity index is 2.58. The Kier molecular flexibility index (Phi) is 5.14. The lowest BCUT2D eigenvalue weighted by Crippen LogP contribution is -2.50. The molecule has 1 heterocycles. The highest BCUT2D eigenvalue weighted by Crippen LogP contribution is 2.33. The summed E-state index contributed by atoms with van der Waals surface area (Å²) in [6.45, 7) is 7.33. The van der Waals surface area contributed by atoms with Crippen molar-refractivity contribution in [2.45, 2.75) is 46.1 Å². The average molecular weight is 256 g/mol. The van der Waals surface area contributed by atoms with Gasteiger partial charge in [-0.15, -0.1) is 0 Å². The monoisotopic (exact) mass is 256 g/mol. The van der Waals surface area contributed by atoms with Crippen LogP contribution in [0.25, 0.3) is 0 Å². The van der Waals surface area contributed by atoms with E-state index in [1.54, 1.807) is 0 Å². The predicted octanol–water partition coefficient (Wildman–Crippen LogP) is 1.09. The summed E-state index contributed by atoms with van der Waals surface area (Å²) < 4.78 is 0. The van der Waals surface area contributed by atoms with Gasteiger partial charge in [0, 0.05) is 12.6 Å². The van der Waals surface area contributed by atoms with Crippen LogP contribution in [0.15, 0.2) is 0 Å². The molecule has 0 aromatic rings. The number of carboxylic acid groups (broad SMARTS) is 1. The van der Waals surface area contributed by atoms with Gasteiger partial charge in [0.05, 0.1) is 12.0 Å². The molecule has 1 amide bonds. The quantitative estimate of drug-likeness (QED) is 0.772. The van der Waals surface area contributed by atoms with Crippen molar-refractivity contribution in [3.8, 4) is 0 Å². The van der Waals surface area contributed by atoms with Crippen molar-refractivity contribution in [3.63, 3.8) is 0 Å². The number of aliphatic carboxylic acids is 1. The number of rotatable bonds is 5. The van der Waals surface area contributed by atoms with Gasteiger partial charge in [0.2, 0.25) is 5.91 Å². The second-order valence-electron chi connectivity index (χ2n) is 5.48. The Bertz CT molecular complexity index is 317. The van der Waals surface area contributed by atoms with Crippen LogP contribution in [0.4, 0.5) is 0 Å². The van der Waals surface area contributed by atoms with E-state index in [0.29, 0.717) is 25.9 Å². The zero-order valence-corrected chi connectivity index (χ0v) is 11.5. The molecule has 1 aliphatic heterocycles. The van der Waals surface area contributed by atoms with Gasteiger partial charge in [0.15, 0.2) is 0 Å². The maximum Gasteiger partial charge on any atom is 0.310 e. The molecule has 5 nitrogen and oxygen atoms in total. The molecule has 1 atom stereocenters. The molecule has 1 fully saturated rings. The Hall–Kier alpha value is -1.10. The molecule has 0 aliphatic carbocycles. The Morgan fingerprint density at radius 3 is 2.61 bits per heavy atom. The first-order valence-electron chi connectivity index (χ1n) is 6.65. The van der Waals surface area contributed by atoms with Crippen LogP contribution < -0.4 is 5.32 Å². The summed E-state index contributed by atoms with van der Waals surface area (Å²) in [7, 11) is 0. The van der Waals surface area contributed by atoms with Crippen LogP contribution in [0.5, 0.6) is 0 Å². The van der Waals surface area contributed by atoms with E-state index < -0.39 is 11.4 Å². The van der Waals surface area contributed by atoms with Crippen molar-refractivity contribution in [3.05, 3.63) is 0 Å². The highest BCUT2D eigenvalue weighted by atomic mass is 16.4. The minimum Gasteiger partial charge on any atom is -0.481 e. The lowest BCUT2D eigenvalue weighted by atomic mass is 9.77. The van der Waals surface area contributed by atoms with Gasteiger partial charge >= 0.3 is 5.97 Å². The third-order valence-corrected chi connectivity index (χ3v) is 3.60. The molecule has 1 aliphatic rings. The zero-order chi connectivity index (χ0) is 13.8. The van der Waals surface area contributed by atoms with E-state index in [1.807, 2.05) is 25.7 Å². The molecule has 1 rings (SSSR count). The number of carbonyl (C=O) groups excluding carboxylic acids is 1. The molecule has 0 aromatic carbocycles. The standard InChI is InChI=1S/C13H24N2O3/c1-4-13(12(17)18)6-5-7-15(9-13)8-11(16)14-10(2)3/h10H,4-9H2,1-3H3,(H,14,16)(H,17,18). The van der Waals surface area contributed by atoms with Crippen LogP contribution in [0, 0.1) is 5.41 Å². The minimum atomic E-state index is -0.737. The average Bonchev–Trinajstić information content (AvgIpc) is 2.27. The third kappa shape index (κ3) is 3.70. The first kappa shape index (κ1) is 15.0. The fraction of sp³-hybridized carbons (Fsp3) is 0.846. The maximum absolute atomic E-state index is 11.7. The second kappa shape index (κ2) is 6.18. The fourth-order valence-electron chi connectivity index (χ4n) is 2.55. The molecule has 1 saturated heterocycles. The number of carboxylic acids is 1. The van der Waals surface area contributed by atoms with Crippen molar-refractivity contribution < 1.29 is 14.7 Å². The van der Waals surface area contributed by atoms with E-state index in [9.17, 15) is 14.7 Å². The number of nitrogens with zero attached hydrogens (tertiary/aromatic N) is 1. The summed E-state index contributed by atoms with van der Waals surface area (Å²) >= 11 is 0. The molecule has 2 N–H and O–H groups in total. The van der Waals surface area contributed by atoms with Crippen molar-refractivity contribution in [2.24, 2.45) is 5.41 Å². The van der Waals surface area contributed by atoms with Gasteiger partial charge < -0.3 is 10.4 Å². The number of hydrogen-bond acceptors (Lipinski definition) is 3. The Labute approximate surface area is 109 Å². The fourth-order valence-corrected chi connectivity index (χ4v) is 2.55. The summed E-state index contributed by atoms with van der Waals surface area (Å²) in [5.74, 6) is -0.763.